The van der Waals surface area contributed by atoms with Crippen molar-refractivity contribution in [3.63, 3.8) is 0 Å². The minimum absolute atomic E-state index is 0.0406. The average molecular weight is 439 g/mol. The van der Waals surface area contributed by atoms with E-state index >= 15 is 0 Å². The Morgan fingerprint density at radius 1 is 1.26 bits per heavy atom. The number of carbonyl (C=O) groups is 1. The van der Waals surface area contributed by atoms with Gasteiger partial charge in [0.1, 0.15) is 0 Å². The highest BCUT2D eigenvalue weighted by Gasteiger charge is 2.31. The van der Waals surface area contributed by atoms with Gasteiger partial charge in [0.2, 0.25) is 0 Å². The van der Waals surface area contributed by atoms with Crippen LogP contribution in [0.15, 0.2) is 24.5 Å². The molecule has 8 heteroatoms. The van der Waals surface area contributed by atoms with Crippen molar-refractivity contribution in [3.05, 3.63) is 45.5 Å². The molecule has 3 aromatic rings. The third-order valence-electron chi connectivity index (χ3n) is 6.17. The minimum atomic E-state index is 0.0406. The first-order valence-corrected chi connectivity index (χ1v) is 11.7. The summed E-state index contributed by atoms with van der Waals surface area (Å²) in [4.78, 5) is 29.2. The molecule has 1 saturated heterocycles. The summed E-state index contributed by atoms with van der Waals surface area (Å²) >= 11 is 1.76. The van der Waals surface area contributed by atoms with Gasteiger partial charge >= 0.3 is 0 Å². The molecule has 31 heavy (non-hydrogen) atoms. The quantitative estimate of drug-likeness (QED) is 0.584. The number of aryl methyl sites for hydroxylation is 2. The van der Waals surface area contributed by atoms with Crippen molar-refractivity contribution in [1.29, 1.82) is 0 Å². The SMILES string of the molecule is CCN(CC)[C@H]1CCN(C(=O)c2cnn(-c3nccc(-c4cc(C)sc4C)n3)c2C)C1. The number of hydrogen-bond acceptors (Lipinski definition) is 6. The van der Waals surface area contributed by atoms with Crippen LogP contribution in [-0.4, -0.2) is 67.7 Å². The van der Waals surface area contributed by atoms with Crippen molar-refractivity contribution >= 4 is 17.2 Å². The van der Waals surface area contributed by atoms with Gasteiger partial charge in [-0.2, -0.15) is 5.10 Å². The Labute approximate surface area is 187 Å². The summed E-state index contributed by atoms with van der Waals surface area (Å²) in [6.07, 6.45) is 4.42. The second kappa shape index (κ2) is 8.88. The fourth-order valence-electron chi connectivity index (χ4n) is 4.44. The summed E-state index contributed by atoms with van der Waals surface area (Å²) in [6, 6.07) is 4.50. The lowest BCUT2D eigenvalue weighted by Crippen LogP contribution is -2.38. The molecule has 0 unspecified atom stereocenters. The molecule has 0 bridgehead atoms. The number of nitrogens with zero attached hydrogens (tertiary/aromatic N) is 6. The minimum Gasteiger partial charge on any atom is -0.337 e. The lowest BCUT2D eigenvalue weighted by molar-refractivity contribution is 0.0777. The lowest BCUT2D eigenvalue weighted by Gasteiger charge is -2.26. The fourth-order valence-corrected chi connectivity index (χ4v) is 5.37. The molecular weight excluding hydrogens is 408 g/mol. The average Bonchev–Trinajstić information content (AvgIpc) is 3.47. The zero-order valence-electron chi connectivity index (χ0n) is 18.9. The van der Waals surface area contributed by atoms with Gasteiger partial charge in [0.25, 0.3) is 11.9 Å². The monoisotopic (exact) mass is 438 g/mol. The molecule has 0 aromatic carbocycles. The van der Waals surface area contributed by atoms with E-state index in [1.165, 1.54) is 9.75 Å². The first kappa shape index (κ1) is 21.6. The maximum Gasteiger partial charge on any atom is 0.257 e. The number of rotatable bonds is 6. The van der Waals surface area contributed by atoms with Crippen molar-refractivity contribution in [2.75, 3.05) is 26.2 Å². The van der Waals surface area contributed by atoms with Crippen LogP contribution in [0.5, 0.6) is 0 Å². The van der Waals surface area contributed by atoms with E-state index in [2.05, 4.69) is 48.7 Å². The molecule has 1 amide bonds. The normalized spacial score (nSPS) is 16.5. The van der Waals surface area contributed by atoms with E-state index in [1.807, 2.05) is 17.9 Å². The van der Waals surface area contributed by atoms with Gasteiger partial charge in [-0.25, -0.2) is 14.6 Å². The van der Waals surface area contributed by atoms with Gasteiger partial charge in [-0.1, -0.05) is 13.8 Å². The van der Waals surface area contributed by atoms with Gasteiger partial charge in [0, 0.05) is 40.6 Å². The van der Waals surface area contributed by atoms with E-state index < -0.39 is 0 Å². The Morgan fingerprint density at radius 3 is 2.71 bits per heavy atom. The summed E-state index contributed by atoms with van der Waals surface area (Å²) in [5, 5.41) is 4.46. The van der Waals surface area contributed by atoms with Crippen LogP contribution in [0, 0.1) is 20.8 Å². The van der Waals surface area contributed by atoms with Crippen molar-refractivity contribution in [2.45, 2.75) is 47.1 Å². The zero-order chi connectivity index (χ0) is 22.1. The number of likely N-dealkylation sites (tertiary alicyclic amines) is 1. The third kappa shape index (κ3) is 4.14. The number of hydrogen-bond donors (Lipinski definition) is 0. The summed E-state index contributed by atoms with van der Waals surface area (Å²) in [5.41, 5.74) is 3.38. The van der Waals surface area contributed by atoms with Gasteiger partial charge in [-0.15, -0.1) is 11.3 Å². The summed E-state index contributed by atoms with van der Waals surface area (Å²) in [5.74, 6) is 0.526. The van der Waals surface area contributed by atoms with Gasteiger partial charge in [0.05, 0.1) is 23.1 Å². The first-order valence-electron chi connectivity index (χ1n) is 10.9. The number of aromatic nitrogens is 4. The summed E-state index contributed by atoms with van der Waals surface area (Å²) in [7, 11) is 0. The standard InChI is InChI=1S/C23H30N6OS/c1-6-27(7-2)18-9-11-28(14-18)22(30)20-13-25-29(16(20)4)23-24-10-8-21(26-23)19-12-15(3)31-17(19)5/h8,10,12-13,18H,6-7,9,11,14H2,1-5H3/t18-/m0/s1. The molecule has 0 saturated carbocycles. The van der Waals surface area contributed by atoms with Crippen LogP contribution in [-0.2, 0) is 0 Å². The third-order valence-corrected chi connectivity index (χ3v) is 7.13. The van der Waals surface area contributed by atoms with Crippen LogP contribution in [0.2, 0.25) is 0 Å². The van der Waals surface area contributed by atoms with E-state index in [-0.39, 0.29) is 5.91 Å². The van der Waals surface area contributed by atoms with Gasteiger partial charge in [0.15, 0.2) is 0 Å². The van der Waals surface area contributed by atoms with E-state index in [0.717, 1.165) is 49.6 Å². The number of thiophene rings is 1. The smallest absolute Gasteiger partial charge is 0.257 e. The Hall–Kier alpha value is -2.58. The van der Waals surface area contributed by atoms with Crippen LogP contribution in [0.1, 0.15) is 46.1 Å². The van der Waals surface area contributed by atoms with E-state index in [1.54, 1.807) is 28.4 Å². The molecule has 1 aliphatic heterocycles. The molecule has 4 heterocycles. The molecule has 7 nitrogen and oxygen atoms in total. The Morgan fingerprint density at radius 2 is 2.03 bits per heavy atom. The lowest BCUT2D eigenvalue weighted by atomic mass is 10.2. The van der Waals surface area contributed by atoms with Crippen LogP contribution in [0.4, 0.5) is 0 Å². The second-order valence-electron chi connectivity index (χ2n) is 8.04. The Bertz CT molecular complexity index is 1080. The molecular formula is C23H30N6OS. The van der Waals surface area contributed by atoms with Gasteiger partial charge < -0.3 is 4.90 Å². The second-order valence-corrected chi connectivity index (χ2v) is 9.50. The van der Waals surface area contributed by atoms with Crippen molar-refractivity contribution in [2.24, 2.45) is 0 Å². The largest absolute Gasteiger partial charge is 0.337 e. The predicted octanol–water partition coefficient (Wildman–Crippen LogP) is 3.87. The van der Waals surface area contributed by atoms with Crippen LogP contribution >= 0.6 is 11.3 Å². The molecule has 0 radical (unpaired) electrons. The van der Waals surface area contributed by atoms with Crippen molar-refractivity contribution in [1.82, 2.24) is 29.5 Å². The summed E-state index contributed by atoms with van der Waals surface area (Å²) in [6.45, 7) is 14.0. The van der Waals surface area contributed by atoms with Gasteiger partial charge in [-0.05, 0) is 52.4 Å². The van der Waals surface area contributed by atoms with Crippen LogP contribution in [0.3, 0.4) is 0 Å². The number of carbonyl (C=O) groups excluding carboxylic acids is 1. The van der Waals surface area contributed by atoms with Crippen molar-refractivity contribution < 1.29 is 4.79 Å². The van der Waals surface area contributed by atoms with Gasteiger partial charge in [-0.3, -0.25) is 9.69 Å². The summed E-state index contributed by atoms with van der Waals surface area (Å²) < 4.78 is 1.67. The molecule has 1 fully saturated rings. The van der Waals surface area contributed by atoms with E-state index in [0.29, 0.717) is 17.6 Å². The van der Waals surface area contributed by atoms with Crippen LogP contribution in [0.25, 0.3) is 17.2 Å². The highest BCUT2D eigenvalue weighted by molar-refractivity contribution is 7.12. The maximum absolute atomic E-state index is 13.2. The Balaban J connectivity index is 1.57. The van der Waals surface area contributed by atoms with Crippen LogP contribution < -0.4 is 0 Å². The molecule has 0 N–H and O–H groups in total. The molecule has 164 valence electrons. The number of amides is 1. The topological polar surface area (TPSA) is 67.2 Å². The predicted molar refractivity (Wildman–Crippen MR) is 124 cm³/mol. The van der Waals surface area contributed by atoms with E-state index in [9.17, 15) is 4.79 Å². The first-order chi connectivity index (χ1) is 14.9. The molecule has 4 rings (SSSR count). The molecule has 1 aliphatic rings. The number of likely N-dealkylation sites (N-methyl/N-ethyl adjacent to an activating group) is 1. The molecule has 1 atom stereocenters. The molecule has 3 aromatic heterocycles. The maximum atomic E-state index is 13.2. The highest BCUT2D eigenvalue weighted by Crippen LogP contribution is 2.29. The molecule has 0 aliphatic carbocycles. The van der Waals surface area contributed by atoms with Crippen molar-refractivity contribution in [3.8, 4) is 17.2 Å². The highest BCUT2D eigenvalue weighted by atomic mass is 32.1. The zero-order valence-corrected chi connectivity index (χ0v) is 19.7. The molecule has 0 spiro atoms. The van der Waals surface area contributed by atoms with E-state index in [4.69, 9.17) is 4.98 Å². The fraction of sp³-hybridized carbons (Fsp3) is 0.478. The Kier molecular flexibility index (Phi) is 6.20.